The molecule has 9 heterocycles. The van der Waals surface area contributed by atoms with E-state index in [0.29, 0.717) is 0 Å². The summed E-state index contributed by atoms with van der Waals surface area (Å²) in [5.74, 6) is 0. The first-order valence-electron chi connectivity index (χ1n) is 13.9. The number of aromatic nitrogens is 4. The molecule has 0 aromatic carbocycles. The summed E-state index contributed by atoms with van der Waals surface area (Å²) >= 11 is 19.4. The van der Waals surface area contributed by atoms with E-state index in [1.807, 2.05) is 91.0 Å². The van der Waals surface area contributed by atoms with Gasteiger partial charge < -0.3 is 9.97 Å². The van der Waals surface area contributed by atoms with Crippen molar-refractivity contribution in [3.05, 3.63) is 157 Å². The van der Waals surface area contributed by atoms with E-state index in [-0.39, 0.29) is 16.8 Å². The minimum atomic E-state index is 0. The molecule has 13 heteroatoms. The standard InChI is InChI=1S/C20H14N4.4C4H2BrS.Co/c1-2-14-10-16-5-6-18(23-16)12-20-8-7-19(24-20)11-17-4-3-15(22-17)9-13(1)21-14;4*5-4-2-1-3-6-4;/h1-12,21-22H;4*1-2H;/q;4*-1;. The zero-order chi connectivity index (χ0) is 33.6. The van der Waals surface area contributed by atoms with Crippen LogP contribution in [0.25, 0.3) is 46.4 Å². The van der Waals surface area contributed by atoms with Crippen molar-refractivity contribution in [2.24, 2.45) is 0 Å². The van der Waals surface area contributed by atoms with Gasteiger partial charge in [-0.3, -0.25) is 45.3 Å². The Hall–Kier alpha value is -2.17. The van der Waals surface area contributed by atoms with Crippen LogP contribution < -0.4 is 0 Å². The van der Waals surface area contributed by atoms with Gasteiger partial charge in [-0.1, -0.05) is 15.1 Å². The van der Waals surface area contributed by atoms with Gasteiger partial charge in [-0.15, -0.1) is 85.2 Å². The Morgan fingerprint density at radius 2 is 0.694 bits per heavy atom. The first-order valence-corrected chi connectivity index (χ1v) is 20.3. The van der Waals surface area contributed by atoms with Crippen molar-refractivity contribution in [3.63, 3.8) is 0 Å². The number of nitrogens with one attached hydrogen (secondary N) is 2. The van der Waals surface area contributed by atoms with Gasteiger partial charge in [0.25, 0.3) is 0 Å². The number of H-pyrrole nitrogens is 2. The van der Waals surface area contributed by atoms with Crippen LogP contribution in [0.4, 0.5) is 0 Å². The van der Waals surface area contributed by atoms with Crippen LogP contribution in [0.3, 0.4) is 0 Å². The third-order valence-corrected chi connectivity index (χ3v) is 11.1. The van der Waals surface area contributed by atoms with Crippen LogP contribution in [-0.2, 0) is 16.8 Å². The van der Waals surface area contributed by atoms with Gasteiger partial charge in [0.05, 0.1) is 22.8 Å². The summed E-state index contributed by atoms with van der Waals surface area (Å²) in [7, 11) is 0. The molecule has 0 atom stereocenters. The minimum absolute atomic E-state index is 0. The molecule has 7 aromatic rings. The molecule has 2 aliphatic heterocycles. The maximum absolute atomic E-state index is 4.62. The summed E-state index contributed by atoms with van der Waals surface area (Å²) in [4.78, 5) is 16.0. The zero-order valence-corrected chi connectivity index (χ0v) is 35.6. The molecule has 4 nitrogen and oxygen atoms in total. The van der Waals surface area contributed by atoms with Gasteiger partial charge in [0.15, 0.2) is 0 Å². The molecule has 0 fully saturated rings. The third kappa shape index (κ3) is 14.5. The maximum atomic E-state index is 4.62. The van der Waals surface area contributed by atoms with Gasteiger partial charge in [-0.25, -0.2) is 9.97 Å². The number of fused-ring (bicyclic) bond motifs is 8. The molecule has 9 rings (SSSR count). The predicted octanol–water partition coefficient (Wildman–Crippen LogP) is 13.9. The molecule has 0 saturated heterocycles. The smallest absolute Gasteiger partial charge is 0.0659 e. The first kappa shape index (κ1) is 39.6. The maximum Gasteiger partial charge on any atom is 0.0659 e. The summed E-state index contributed by atoms with van der Waals surface area (Å²) in [5, 5.41) is 11.7. The summed E-state index contributed by atoms with van der Waals surface area (Å²) in [6.45, 7) is 0. The summed E-state index contributed by atoms with van der Waals surface area (Å²) < 4.78 is 4.56. The molecule has 251 valence electrons. The van der Waals surface area contributed by atoms with Crippen molar-refractivity contribution in [1.29, 1.82) is 0 Å². The van der Waals surface area contributed by atoms with Gasteiger partial charge in [0.2, 0.25) is 0 Å². The van der Waals surface area contributed by atoms with Crippen LogP contribution in [0, 0.1) is 21.5 Å². The van der Waals surface area contributed by atoms with Crippen LogP contribution in [0.2, 0.25) is 0 Å². The van der Waals surface area contributed by atoms with Crippen molar-refractivity contribution in [3.8, 4) is 0 Å². The summed E-state index contributed by atoms with van der Waals surface area (Å²) in [6.07, 6.45) is 8.05. The molecule has 0 amide bonds. The van der Waals surface area contributed by atoms with Crippen LogP contribution in [-0.4, -0.2) is 19.9 Å². The molecule has 0 spiro atoms. The van der Waals surface area contributed by atoms with Crippen molar-refractivity contribution in [2.75, 3.05) is 0 Å². The molecule has 2 aliphatic rings. The molecular weight excluding hydrogens is 995 g/mol. The quantitative estimate of drug-likeness (QED) is 0.149. The molecule has 0 saturated carbocycles. The third-order valence-electron chi connectivity index (χ3n) is 5.80. The van der Waals surface area contributed by atoms with E-state index in [2.05, 4.69) is 136 Å². The van der Waals surface area contributed by atoms with Crippen molar-refractivity contribution < 1.29 is 16.8 Å². The fourth-order valence-corrected chi connectivity index (χ4v) is 7.03. The number of hydrogen-bond acceptors (Lipinski definition) is 6. The van der Waals surface area contributed by atoms with Gasteiger partial charge in [0, 0.05) is 38.8 Å². The Labute approximate surface area is 344 Å². The van der Waals surface area contributed by atoms with Crippen LogP contribution in [0.1, 0.15) is 22.8 Å². The van der Waals surface area contributed by atoms with E-state index in [1.165, 1.54) is 0 Å². The molecule has 0 unspecified atom stereocenters. The molecule has 7 aromatic heterocycles. The van der Waals surface area contributed by atoms with Crippen molar-refractivity contribution in [1.82, 2.24) is 19.9 Å². The summed E-state index contributed by atoms with van der Waals surface area (Å²) in [6, 6.07) is 31.8. The topological polar surface area (TPSA) is 57.4 Å². The predicted molar refractivity (Wildman–Crippen MR) is 222 cm³/mol. The second kappa shape index (κ2) is 21.3. The largest absolute Gasteiger partial charge is 0.355 e. The molecule has 0 aliphatic carbocycles. The van der Waals surface area contributed by atoms with E-state index in [1.54, 1.807) is 45.3 Å². The second-order valence-electron chi connectivity index (χ2n) is 9.33. The Morgan fingerprint density at radius 3 is 0.939 bits per heavy atom. The van der Waals surface area contributed by atoms with Gasteiger partial charge in [-0.05, 0) is 72.8 Å². The van der Waals surface area contributed by atoms with Crippen LogP contribution in [0.5, 0.6) is 0 Å². The van der Waals surface area contributed by atoms with Crippen molar-refractivity contribution in [2.45, 2.75) is 0 Å². The van der Waals surface area contributed by atoms with Crippen molar-refractivity contribution >= 4 is 155 Å². The average Bonchev–Trinajstić information content (AvgIpc) is 3.89. The summed E-state index contributed by atoms with van der Waals surface area (Å²) in [5.41, 5.74) is 7.86. The van der Waals surface area contributed by atoms with E-state index >= 15 is 0 Å². The minimum Gasteiger partial charge on any atom is -0.355 e. The van der Waals surface area contributed by atoms with Gasteiger partial charge in [0.1, 0.15) is 0 Å². The van der Waals surface area contributed by atoms with E-state index in [9.17, 15) is 0 Å². The molecule has 8 bridgehead atoms. The fourth-order valence-electron chi connectivity index (χ4n) is 3.84. The monoisotopic (exact) mass is 1010 g/mol. The SMILES string of the molecule is Brc1cc[c-]s1.Brc1cc[c-]s1.Brc1cc[c-]s1.Brc1cc[c-]s1.C1=Cc2cc3ccc(cc4ccc(cc5nc(cc1n2)C=C5)[nH]4)[nH]3.[Co]. The number of halogens is 4. The Bertz CT molecular complexity index is 1970. The number of nitrogens with zero attached hydrogens (tertiary/aromatic N) is 2. The van der Waals surface area contributed by atoms with Crippen LogP contribution in [0.15, 0.2) is 112 Å². The van der Waals surface area contributed by atoms with E-state index < -0.39 is 0 Å². The zero-order valence-electron chi connectivity index (χ0n) is 24.9. The molecule has 1 radical (unpaired) electrons. The number of aromatic amines is 2. The molecule has 49 heavy (non-hydrogen) atoms. The first-order chi connectivity index (χ1) is 23.4. The fraction of sp³-hybridized carbons (Fsp3) is 0. The van der Waals surface area contributed by atoms with E-state index in [4.69, 9.17) is 0 Å². The average molecular weight is 1020 g/mol. The molecule has 2 N–H and O–H groups in total. The number of hydrogen-bond donors (Lipinski definition) is 2. The second-order valence-corrected chi connectivity index (χ2v) is 18.4. The van der Waals surface area contributed by atoms with Crippen LogP contribution >= 0.6 is 109 Å². The number of rotatable bonds is 0. The Morgan fingerprint density at radius 1 is 0.408 bits per heavy atom. The van der Waals surface area contributed by atoms with E-state index in [0.717, 1.165) is 60.0 Å². The molecular formula is C36H22Br4CoN4S4-4. The Kier molecular flexibility index (Phi) is 17.2. The normalized spacial score (nSPS) is 10.5. The van der Waals surface area contributed by atoms with Gasteiger partial charge >= 0.3 is 0 Å². The Balaban J connectivity index is 0.000000175. The van der Waals surface area contributed by atoms with Gasteiger partial charge in [-0.2, -0.15) is 48.5 Å². The number of thiophene rings is 4.